The third-order valence-corrected chi connectivity index (χ3v) is 20.6. The molecular formula is C62H106N4O48S. The number of amides is 4. The smallest absolute Gasteiger partial charge is 0.394 e. The second-order valence-electron chi connectivity index (χ2n) is 28.5. The summed E-state index contributed by atoms with van der Waals surface area (Å²) in [7, 11) is -5.43. The quantitative estimate of drug-likeness (QED) is 0.0266. The van der Waals surface area contributed by atoms with Crippen molar-refractivity contribution in [3.05, 3.63) is 0 Å². The first kappa shape index (κ1) is 96.6. The van der Waals surface area contributed by atoms with E-state index in [9.17, 15) is 155 Å². The molecule has 0 radical (unpaired) electrons. The number of hydrogen-bond donors (Lipinski definition) is 29. The molecule has 0 saturated carbocycles. The van der Waals surface area contributed by atoms with Gasteiger partial charge in [0.2, 0.25) is 23.6 Å². The van der Waals surface area contributed by atoms with Crippen LogP contribution in [0.3, 0.4) is 0 Å². The molecule has 0 spiro atoms. The zero-order valence-corrected chi connectivity index (χ0v) is 62.6. The molecular weight excluding hydrogens is 1600 g/mol. The van der Waals surface area contributed by atoms with Gasteiger partial charge in [-0.05, 0) is 6.92 Å². The average molecular weight is 1710 g/mol. The molecule has 0 aromatic heterocycles. The van der Waals surface area contributed by atoms with E-state index in [4.69, 9.17) is 75.8 Å². The molecule has 8 saturated heterocycles. The first-order valence-electron chi connectivity index (χ1n) is 36.1. The molecule has 0 aromatic rings. The fourth-order valence-corrected chi connectivity index (χ4v) is 14.7. The highest BCUT2D eigenvalue weighted by molar-refractivity contribution is 7.80. The molecule has 8 aliphatic rings. The van der Waals surface area contributed by atoms with Gasteiger partial charge < -0.3 is 220 Å². The fraction of sp³-hybridized carbons (Fsp3) is 0.935. The molecule has 115 heavy (non-hydrogen) atoms. The Bertz CT molecular complexity index is 3170. The Morgan fingerprint density at radius 1 is 0.365 bits per heavy atom. The monoisotopic (exact) mass is 1710 g/mol. The van der Waals surface area contributed by atoms with E-state index in [1.165, 1.54) is 6.92 Å². The Hall–Kier alpha value is -3.85. The molecule has 0 unspecified atom stereocenters. The van der Waals surface area contributed by atoms with Crippen LogP contribution in [-0.4, -0.2) is 488 Å². The van der Waals surface area contributed by atoms with Crippen LogP contribution in [0.4, 0.5) is 0 Å². The van der Waals surface area contributed by atoms with Crippen LogP contribution in [0.5, 0.6) is 0 Å². The molecule has 0 bridgehead atoms. The summed E-state index contributed by atoms with van der Waals surface area (Å²) in [5.41, 5.74) is 0. The maximum atomic E-state index is 13.1. The zero-order valence-electron chi connectivity index (χ0n) is 61.7. The summed E-state index contributed by atoms with van der Waals surface area (Å²) >= 11 is 0. The third kappa shape index (κ3) is 22.9. The lowest BCUT2D eigenvalue weighted by Gasteiger charge is -2.51. The van der Waals surface area contributed by atoms with Gasteiger partial charge in [0.15, 0.2) is 50.3 Å². The van der Waals surface area contributed by atoms with Gasteiger partial charge in [-0.25, -0.2) is 4.18 Å². The van der Waals surface area contributed by atoms with E-state index >= 15 is 0 Å². The second-order valence-corrected chi connectivity index (χ2v) is 29.5. The minimum Gasteiger partial charge on any atom is -0.394 e. The minimum absolute atomic E-state index is 0.864. The van der Waals surface area contributed by atoms with Crippen LogP contribution in [0.15, 0.2) is 0 Å². The van der Waals surface area contributed by atoms with Gasteiger partial charge in [0.1, 0.15) is 207 Å². The number of rotatable bonds is 34. The van der Waals surface area contributed by atoms with E-state index in [2.05, 4.69) is 25.5 Å². The predicted molar refractivity (Wildman–Crippen MR) is 355 cm³/mol. The van der Waals surface area contributed by atoms with E-state index in [1.54, 1.807) is 0 Å². The summed E-state index contributed by atoms with van der Waals surface area (Å²) in [4.78, 5) is 51.0. The molecule has 8 fully saturated rings. The Labute approximate surface area is 652 Å². The van der Waals surface area contributed by atoms with Gasteiger partial charge in [0, 0.05) is 27.7 Å². The Morgan fingerprint density at radius 3 is 1.23 bits per heavy atom. The molecule has 8 aliphatic heterocycles. The summed E-state index contributed by atoms with van der Waals surface area (Å²) in [6.45, 7) is -5.41. The van der Waals surface area contributed by atoms with Crippen molar-refractivity contribution in [2.24, 2.45) is 0 Å². The number of ether oxygens (including phenoxy) is 16. The highest BCUT2D eigenvalue weighted by Gasteiger charge is 2.60. The van der Waals surface area contributed by atoms with Crippen LogP contribution in [0.1, 0.15) is 34.6 Å². The second kappa shape index (κ2) is 42.3. The summed E-state index contributed by atoms with van der Waals surface area (Å²) < 4.78 is 131. The van der Waals surface area contributed by atoms with Crippen molar-refractivity contribution in [1.82, 2.24) is 21.3 Å². The topological polar surface area (TPSA) is 813 Å². The van der Waals surface area contributed by atoms with Gasteiger partial charge in [0.25, 0.3) is 0 Å². The molecule has 4 amide bonds. The number of hydrogen-bond acceptors (Lipinski definition) is 47. The third-order valence-electron chi connectivity index (χ3n) is 20.2. The number of carbonyl (C=O) groups is 4. The van der Waals surface area contributed by atoms with E-state index in [-0.39, 0.29) is 0 Å². The average Bonchev–Trinajstić information content (AvgIpc) is 0.763. The summed E-state index contributed by atoms with van der Waals surface area (Å²) in [5.74, 6) is -3.86. The zero-order chi connectivity index (χ0) is 85.4. The molecule has 8 heterocycles. The molecule has 8 rings (SSSR count). The van der Waals surface area contributed by atoms with Crippen molar-refractivity contribution in [2.45, 2.75) is 304 Å². The lowest BCUT2D eigenvalue weighted by atomic mass is 9.94. The Morgan fingerprint density at radius 2 is 0.730 bits per heavy atom. The van der Waals surface area contributed by atoms with Gasteiger partial charge in [-0.15, -0.1) is 0 Å². The van der Waals surface area contributed by atoms with Crippen molar-refractivity contribution in [3.63, 3.8) is 0 Å². The van der Waals surface area contributed by atoms with Crippen molar-refractivity contribution in [2.75, 3.05) is 59.5 Å². The van der Waals surface area contributed by atoms with Gasteiger partial charge in [-0.3, -0.25) is 23.7 Å². The minimum atomic E-state index is -5.43. The highest BCUT2D eigenvalue weighted by atomic mass is 32.3. The summed E-state index contributed by atoms with van der Waals surface area (Å²) in [5, 5.41) is 277. The first-order valence-corrected chi connectivity index (χ1v) is 37.4. The van der Waals surface area contributed by atoms with Gasteiger partial charge in [0.05, 0.1) is 71.6 Å². The fourth-order valence-electron chi connectivity index (χ4n) is 14.2. The van der Waals surface area contributed by atoms with Crippen molar-refractivity contribution in [3.8, 4) is 0 Å². The van der Waals surface area contributed by atoms with E-state index in [0.29, 0.717) is 0 Å². The molecule has 44 atom stereocenters. The SMILES string of the molecule is CC(=O)N[C@H]1[C@H](O[C@H]2[C@H](O)[C@@H](NC(C)=O)[C@H](O[C@@H]3[C@@H](O[C@@H]4[C@H](O)[C@H](O[C@H]5[C@H](O)[C@@H](NC(C)=O)[C@H](O[C@@H]([C@H](O)[C@H](CO)NC(C)=O)[C@H](O)CO[C@@H]6O[C@@H](C)[C@@H](O)[C@@H](O)[C@@H]6O)O[C@@H]5CO)O[C@H](CO[C@H]5O[C@H](CO)[C@@H](O)[C@H](O[C@H]6O[C@H](CO)[C@@H](O)[C@H](O)[C@@H]6O)[C@@H]5O)[C@H]4O)O[C@H](CO)[C@@H](O)[C@@H]3O)O[C@@H]2CO)O[C@H](CO)[C@H](OS(=O)(=O)O)[C@@H]1O. The van der Waals surface area contributed by atoms with E-state index in [1.807, 2.05) is 0 Å². The molecule has 0 aliphatic carbocycles. The molecule has 0 aromatic carbocycles. The van der Waals surface area contributed by atoms with Crippen LogP contribution in [0.2, 0.25) is 0 Å². The van der Waals surface area contributed by atoms with Crippen LogP contribution in [0.25, 0.3) is 0 Å². The van der Waals surface area contributed by atoms with E-state index < -0.39 is 363 Å². The number of carbonyl (C=O) groups excluding carboxylic acids is 4. The molecule has 668 valence electrons. The summed E-state index contributed by atoms with van der Waals surface area (Å²) in [6, 6.07) is -7.79. The van der Waals surface area contributed by atoms with Crippen LogP contribution in [0, 0.1) is 0 Å². The highest BCUT2D eigenvalue weighted by Crippen LogP contribution is 2.39. The van der Waals surface area contributed by atoms with Gasteiger partial charge >= 0.3 is 10.4 Å². The van der Waals surface area contributed by atoms with Crippen molar-refractivity contribution < 1.29 is 235 Å². The van der Waals surface area contributed by atoms with Gasteiger partial charge in [-0.2, -0.15) is 8.42 Å². The normalized spacial score (nSPS) is 45.2. The number of aliphatic hydroxyl groups excluding tert-OH is 24. The van der Waals surface area contributed by atoms with E-state index in [0.717, 1.165) is 27.7 Å². The van der Waals surface area contributed by atoms with Crippen LogP contribution in [-0.2, 0) is 110 Å². The molecule has 52 nitrogen and oxygen atoms in total. The van der Waals surface area contributed by atoms with Crippen molar-refractivity contribution >= 4 is 34.0 Å². The van der Waals surface area contributed by atoms with Gasteiger partial charge in [-0.1, -0.05) is 0 Å². The lowest BCUT2D eigenvalue weighted by Crippen LogP contribution is -2.71. The Balaban J connectivity index is 1.14. The maximum absolute atomic E-state index is 13.1. The number of nitrogens with one attached hydrogen (secondary N) is 4. The molecule has 29 N–H and O–H groups in total. The van der Waals surface area contributed by atoms with Crippen LogP contribution >= 0.6 is 0 Å². The van der Waals surface area contributed by atoms with Crippen LogP contribution < -0.4 is 21.3 Å². The predicted octanol–water partition coefficient (Wildman–Crippen LogP) is -19.6. The first-order chi connectivity index (χ1) is 54.1. The molecule has 53 heteroatoms. The maximum Gasteiger partial charge on any atom is 0.397 e. The summed E-state index contributed by atoms with van der Waals surface area (Å²) in [6.07, 6.45) is -85.2. The Kier molecular flexibility index (Phi) is 35.5. The lowest BCUT2D eigenvalue weighted by molar-refractivity contribution is -0.397. The van der Waals surface area contributed by atoms with Crippen molar-refractivity contribution in [1.29, 1.82) is 0 Å². The standard InChI is InChI=1S/C62H106N4O48S/c1-15-32(79)41(88)44(91)58(100-15)98-13-21(78)48(33(80)20(6-67)63-16(2)74)108-55-29(64-17(3)75)39(86)50(26(11-72)104-55)110-61-47(94)53(37(84)28(107-61)14-99-59-46(93)52(36(83)24(9-70)101-59)111-60-45(92)42(89)34(81)22(7-68)102-60)112-62-54(43(90)35(82)23(8-69)103-62)113-57-30(65-18(4)76)38(85)49(25(10-71)105-57)109-56-31(66-19(5)77)40(87)51(27(12-73)106-56)114-115(95,96)97/h15,20-62,67-73,78-94H,6-14H2,1-5H3,(H,63,74)(H,64,75)(H,65,76)(H,66,77)(H,95,96,97)/t15-,20-,21+,22+,23+,24+,25+,26+,27+,28+,29+,30+,31+,32+,33+,34+,35+,36+,37+,38+,39+,40+,41+,42-,43-,44-,45-,46-,47-,48+,49+,50+,51-,52-,53-,54-,55-,56-,57-,58+,59-,60+,61-,62+/m0/s1. The number of aliphatic hydroxyl groups is 24. The largest absolute Gasteiger partial charge is 0.397 e.